The maximum atomic E-state index is 11.5. The van der Waals surface area contributed by atoms with Crippen molar-refractivity contribution in [2.24, 2.45) is 5.92 Å². The Morgan fingerprint density at radius 2 is 2.41 bits per heavy atom. The third-order valence-corrected chi connectivity index (χ3v) is 4.15. The van der Waals surface area contributed by atoms with Crippen LogP contribution in [0.2, 0.25) is 0 Å². The maximum Gasteiger partial charge on any atom is 0.164 e. The largest absolute Gasteiger partial charge is 0.375 e. The summed E-state index contributed by atoms with van der Waals surface area (Å²) in [5.41, 5.74) is 1.61. The van der Waals surface area contributed by atoms with E-state index in [0.717, 1.165) is 29.3 Å². The van der Waals surface area contributed by atoms with Crippen molar-refractivity contribution in [3.05, 3.63) is 11.3 Å². The number of hydrogen-bond donors (Lipinski definition) is 1. The summed E-state index contributed by atoms with van der Waals surface area (Å²) >= 11 is 1.39. The van der Waals surface area contributed by atoms with Crippen molar-refractivity contribution in [2.45, 2.75) is 20.3 Å². The highest BCUT2D eigenvalue weighted by Crippen LogP contribution is 2.26. The smallest absolute Gasteiger partial charge is 0.164 e. The van der Waals surface area contributed by atoms with E-state index in [1.807, 2.05) is 6.92 Å². The second kappa shape index (κ2) is 5.14. The Morgan fingerprint density at radius 3 is 3.00 bits per heavy atom. The summed E-state index contributed by atoms with van der Waals surface area (Å²) in [7, 11) is 2.15. The summed E-state index contributed by atoms with van der Waals surface area (Å²) in [4.78, 5) is 13.9. The van der Waals surface area contributed by atoms with Crippen LogP contribution in [0.15, 0.2) is 0 Å². The standard InChI is InChI=1S/C12H19N3OS/c1-8-11(9(2)16)12(17-14-8)13-6-10-4-5-15(3)7-10/h10,13H,4-7H2,1-3H3. The van der Waals surface area contributed by atoms with E-state index in [0.29, 0.717) is 5.92 Å². The highest BCUT2D eigenvalue weighted by Gasteiger charge is 2.21. The van der Waals surface area contributed by atoms with Crippen LogP contribution in [-0.4, -0.2) is 41.7 Å². The molecule has 0 radical (unpaired) electrons. The summed E-state index contributed by atoms with van der Waals surface area (Å²) in [6.45, 7) is 6.74. The maximum absolute atomic E-state index is 11.5. The second-order valence-electron chi connectivity index (χ2n) is 4.83. The molecule has 1 atom stereocenters. The van der Waals surface area contributed by atoms with Crippen molar-refractivity contribution in [1.29, 1.82) is 0 Å². The molecule has 1 aromatic rings. The number of carbonyl (C=O) groups excluding carboxylic acids is 1. The minimum atomic E-state index is 0.0993. The minimum Gasteiger partial charge on any atom is -0.375 e. The Kier molecular flexibility index (Phi) is 3.79. The van der Waals surface area contributed by atoms with Gasteiger partial charge in [-0.25, -0.2) is 0 Å². The van der Waals surface area contributed by atoms with Crippen molar-refractivity contribution < 1.29 is 4.79 Å². The van der Waals surface area contributed by atoms with Gasteiger partial charge in [0.1, 0.15) is 5.00 Å². The van der Waals surface area contributed by atoms with Crippen LogP contribution in [0.1, 0.15) is 29.4 Å². The molecule has 1 aromatic heterocycles. The Hall–Kier alpha value is -0.940. The van der Waals surface area contributed by atoms with Gasteiger partial charge in [-0.1, -0.05) is 0 Å². The monoisotopic (exact) mass is 253 g/mol. The summed E-state index contributed by atoms with van der Waals surface area (Å²) in [5.74, 6) is 0.782. The highest BCUT2D eigenvalue weighted by atomic mass is 32.1. The van der Waals surface area contributed by atoms with E-state index in [9.17, 15) is 4.79 Å². The van der Waals surface area contributed by atoms with Gasteiger partial charge in [-0.15, -0.1) is 0 Å². The molecule has 5 heteroatoms. The van der Waals surface area contributed by atoms with Crippen molar-refractivity contribution in [3.63, 3.8) is 0 Å². The van der Waals surface area contributed by atoms with E-state index in [1.54, 1.807) is 6.92 Å². The molecule has 0 aromatic carbocycles. The fraction of sp³-hybridized carbons (Fsp3) is 0.667. The first-order chi connectivity index (χ1) is 8.08. The van der Waals surface area contributed by atoms with E-state index in [-0.39, 0.29) is 5.78 Å². The topological polar surface area (TPSA) is 45.2 Å². The SMILES string of the molecule is CC(=O)c1c(C)nsc1NCC1CCN(C)C1. The Bertz CT molecular complexity index is 416. The average molecular weight is 253 g/mol. The quantitative estimate of drug-likeness (QED) is 0.834. The molecule has 2 heterocycles. The van der Waals surface area contributed by atoms with Crippen molar-refractivity contribution >= 4 is 22.3 Å². The molecule has 94 valence electrons. The number of nitrogens with one attached hydrogen (secondary N) is 1. The molecule has 1 aliphatic rings. The van der Waals surface area contributed by atoms with Crippen LogP contribution in [0, 0.1) is 12.8 Å². The summed E-state index contributed by atoms with van der Waals surface area (Å²) < 4.78 is 4.25. The van der Waals surface area contributed by atoms with Gasteiger partial charge in [0.15, 0.2) is 5.78 Å². The normalized spacial score (nSPS) is 20.8. The molecule has 0 aliphatic carbocycles. The molecule has 2 rings (SSSR count). The number of rotatable bonds is 4. The van der Waals surface area contributed by atoms with Crippen molar-refractivity contribution in [3.8, 4) is 0 Å². The zero-order chi connectivity index (χ0) is 12.4. The van der Waals surface area contributed by atoms with E-state index in [1.165, 1.54) is 24.5 Å². The number of nitrogens with zero attached hydrogens (tertiary/aromatic N) is 2. The number of aryl methyl sites for hydroxylation is 1. The second-order valence-corrected chi connectivity index (χ2v) is 5.60. The molecule has 4 nitrogen and oxygen atoms in total. The number of carbonyl (C=O) groups is 1. The summed E-state index contributed by atoms with van der Waals surface area (Å²) in [6.07, 6.45) is 1.23. The van der Waals surface area contributed by atoms with E-state index >= 15 is 0 Å². The van der Waals surface area contributed by atoms with E-state index in [2.05, 4.69) is 21.6 Å². The van der Waals surface area contributed by atoms with Gasteiger partial charge >= 0.3 is 0 Å². The number of Topliss-reactive ketones (excluding diaryl/α,β-unsaturated/α-hetero) is 1. The number of ketones is 1. The molecule has 1 N–H and O–H groups in total. The fourth-order valence-electron chi connectivity index (χ4n) is 2.33. The first-order valence-electron chi connectivity index (χ1n) is 5.97. The molecule has 1 unspecified atom stereocenters. The number of hydrogen-bond acceptors (Lipinski definition) is 5. The van der Waals surface area contributed by atoms with Gasteiger partial charge in [0.05, 0.1) is 11.3 Å². The van der Waals surface area contributed by atoms with Crippen LogP contribution in [0.3, 0.4) is 0 Å². The van der Waals surface area contributed by atoms with Crippen LogP contribution in [0.4, 0.5) is 5.00 Å². The lowest BCUT2D eigenvalue weighted by Gasteiger charge is -2.12. The van der Waals surface area contributed by atoms with Crippen molar-refractivity contribution in [2.75, 3.05) is 32.0 Å². The third kappa shape index (κ3) is 2.84. The number of likely N-dealkylation sites (tertiary alicyclic amines) is 1. The van der Waals surface area contributed by atoms with E-state index in [4.69, 9.17) is 0 Å². The molecular formula is C12H19N3OS. The van der Waals surface area contributed by atoms with E-state index < -0.39 is 0 Å². The van der Waals surface area contributed by atoms with Crippen molar-refractivity contribution in [1.82, 2.24) is 9.27 Å². The summed E-state index contributed by atoms with van der Waals surface area (Å²) in [5, 5.41) is 4.32. The zero-order valence-electron chi connectivity index (χ0n) is 10.6. The Morgan fingerprint density at radius 1 is 1.65 bits per heavy atom. The predicted octanol–water partition coefficient (Wildman–Crippen LogP) is 2.02. The molecule has 0 amide bonds. The number of aromatic nitrogens is 1. The van der Waals surface area contributed by atoms with Gasteiger partial charge in [0.25, 0.3) is 0 Å². The Labute approximate surface area is 106 Å². The van der Waals surface area contributed by atoms with Gasteiger partial charge in [-0.05, 0) is 51.3 Å². The first-order valence-corrected chi connectivity index (χ1v) is 6.75. The average Bonchev–Trinajstić information content (AvgIpc) is 2.82. The zero-order valence-corrected chi connectivity index (χ0v) is 11.4. The lowest BCUT2D eigenvalue weighted by molar-refractivity contribution is 0.101. The van der Waals surface area contributed by atoms with Gasteiger partial charge in [-0.2, -0.15) is 4.37 Å². The predicted molar refractivity (Wildman–Crippen MR) is 70.9 cm³/mol. The molecule has 1 aliphatic heterocycles. The fourth-order valence-corrected chi connectivity index (χ4v) is 3.19. The lowest BCUT2D eigenvalue weighted by atomic mass is 10.1. The molecule has 1 fully saturated rings. The third-order valence-electron chi connectivity index (χ3n) is 3.26. The Balaban J connectivity index is 1.97. The van der Waals surface area contributed by atoms with Gasteiger partial charge < -0.3 is 10.2 Å². The molecule has 17 heavy (non-hydrogen) atoms. The van der Waals surface area contributed by atoms with Gasteiger partial charge in [0.2, 0.25) is 0 Å². The van der Waals surface area contributed by atoms with Crippen LogP contribution in [-0.2, 0) is 0 Å². The molecule has 0 saturated carbocycles. The summed E-state index contributed by atoms with van der Waals surface area (Å²) in [6, 6.07) is 0. The minimum absolute atomic E-state index is 0.0993. The molecule has 1 saturated heterocycles. The first kappa shape index (κ1) is 12.5. The van der Waals surface area contributed by atoms with Crippen LogP contribution < -0.4 is 5.32 Å². The van der Waals surface area contributed by atoms with Gasteiger partial charge in [0, 0.05) is 13.1 Å². The number of anilines is 1. The van der Waals surface area contributed by atoms with Crippen LogP contribution in [0.5, 0.6) is 0 Å². The highest BCUT2D eigenvalue weighted by molar-refractivity contribution is 7.10. The van der Waals surface area contributed by atoms with Crippen LogP contribution in [0.25, 0.3) is 0 Å². The molecule has 0 spiro atoms. The molecular weight excluding hydrogens is 234 g/mol. The van der Waals surface area contributed by atoms with Gasteiger partial charge in [-0.3, -0.25) is 4.79 Å². The molecule has 0 bridgehead atoms. The lowest BCUT2D eigenvalue weighted by Crippen LogP contribution is -2.19. The van der Waals surface area contributed by atoms with Crippen LogP contribution >= 0.6 is 11.5 Å².